The molecule has 1 unspecified atom stereocenters. The minimum absolute atomic E-state index is 0.0999. The number of carbonyl (C=O) groups excluding carboxylic acids is 2. The molecule has 1 amide bonds. The van der Waals surface area contributed by atoms with Gasteiger partial charge in [-0.25, -0.2) is 14.8 Å². The molecule has 2 N–H and O–H groups in total. The Kier molecular flexibility index (Phi) is 6.84. The van der Waals surface area contributed by atoms with Gasteiger partial charge in [0.05, 0.1) is 13.1 Å². The van der Waals surface area contributed by atoms with Crippen LogP contribution in [0.2, 0.25) is 0 Å². The Bertz CT molecular complexity index is 1020. The molecule has 3 saturated heterocycles. The van der Waals surface area contributed by atoms with Crippen LogP contribution < -0.4 is 5.32 Å². The third-order valence-corrected chi connectivity index (χ3v) is 8.35. The third kappa shape index (κ3) is 4.95. The van der Waals surface area contributed by atoms with Crippen LogP contribution in [0.1, 0.15) is 50.5 Å². The average molecular weight is 480 g/mol. The van der Waals surface area contributed by atoms with Crippen molar-refractivity contribution in [2.45, 2.75) is 56.7 Å². The predicted molar refractivity (Wildman–Crippen MR) is 130 cm³/mol. The molecule has 2 atom stereocenters. The highest BCUT2D eigenvalue weighted by atomic mass is 16.6. The number of nitrogens with one attached hydrogen (secondary N) is 1. The second-order valence-electron chi connectivity index (χ2n) is 10.5. The summed E-state index contributed by atoms with van der Waals surface area (Å²) in [6.07, 6.45) is 9.32. The molecular formula is C27H35N4O4+. The Morgan fingerprint density at radius 2 is 1.80 bits per heavy atom. The summed E-state index contributed by atoms with van der Waals surface area (Å²) in [6, 6.07) is 10.9. The van der Waals surface area contributed by atoms with Crippen molar-refractivity contribution < 1.29 is 23.9 Å². The molecule has 6 rings (SSSR count). The van der Waals surface area contributed by atoms with Gasteiger partial charge in [0.1, 0.15) is 18.7 Å². The fraction of sp³-hybridized carbons (Fsp3) is 0.556. The molecule has 1 saturated carbocycles. The van der Waals surface area contributed by atoms with Gasteiger partial charge >= 0.3 is 5.97 Å². The second kappa shape index (κ2) is 10.0. The van der Waals surface area contributed by atoms with Gasteiger partial charge in [0.25, 0.3) is 5.91 Å². The first kappa shape index (κ1) is 23.9. The molecule has 0 radical (unpaired) electrons. The van der Waals surface area contributed by atoms with E-state index in [9.17, 15) is 14.7 Å². The average Bonchev–Trinajstić information content (AvgIpc) is 2.90. The number of hydrogen-bond acceptors (Lipinski definition) is 6. The fourth-order valence-electron chi connectivity index (χ4n) is 6.39. The lowest BCUT2D eigenvalue weighted by atomic mass is 9.73. The quantitative estimate of drug-likeness (QED) is 0.468. The van der Waals surface area contributed by atoms with E-state index in [0.717, 1.165) is 58.0 Å². The fourth-order valence-corrected chi connectivity index (χ4v) is 6.39. The predicted octanol–water partition coefficient (Wildman–Crippen LogP) is 3.04. The standard InChI is InChI=1S/C27H34N4O4/c32-25(30-24-11-14-28-19-29-24)18-31-15-12-20(13-16-31)23(17-31)35-26(33)27(34,21-7-3-1-4-8-21)22-9-5-2-6-10-22/h1,3-4,7-8,11,14,19-20,22-23,34H,2,5-6,9-10,12-13,15-18H2/p+1/t20?,23?,27-,31?/m0/s1. The molecule has 1 aromatic heterocycles. The number of amides is 1. The Balaban J connectivity index is 1.30. The number of esters is 1. The number of anilines is 1. The zero-order valence-electron chi connectivity index (χ0n) is 20.1. The van der Waals surface area contributed by atoms with E-state index >= 15 is 0 Å². The van der Waals surface area contributed by atoms with Crippen LogP contribution >= 0.6 is 0 Å². The molecule has 8 nitrogen and oxygen atoms in total. The van der Waals surface area contributed by atoms with E-state index in [-0.39, 0.29) is 23.8 Å². The third-order valence-electron chi connectivity index (χ3n) is 8.35. The molecule has 4 heterocycles. The molecule has 3 aliphatic heterocycles. The van der Waals surface area contributed by atoms with Crippen molar-refractivity contribution in [3.8, 4) is 0 Å². The zero-order valence-corrected chi connectivity index (χ0v) is 20.1. The molecule has 1 aromatic carbocycles. The van der Waals surface area contributed by atoms with E-state index < -0.39 is 11.6 Å². The van der Waals surface area contributed by atoms with Gasteiger partial charge in [0.2, 0.25) is 0 Å². The van der Waals surface area contributed by atoms with E-state index in [2.05, 4.69) is 15.3 Å². The first-order chi connectivity index (χ1) is 17.0. The molecule has 2 bridgehead atoms. The van der Waals surface area contributed by atoms with E-state index in [1.807, 2.05) is 30.3 Å². The normalized spacial score (nSPS) is 28.1. The number of rotatable bonds is 7. The summed E-state index contributed by atoms with van der Waals surface area (Å²) >= 11 is 0. The molecular weight excluding hydrogens is 444 g/mol. The lowest BCUT2D eigenvalue weighted by Gasteiger charge is -2.52. The van der Waals surface area contributed by atoms with Crippen molar-refractivity contribution in [2.24, 2.45) is 11.8 Å². The van der Waals surface area contributed by atoms with Crippen molar-refractivity contribution >= 4 is 17.7 Å². The molecule has 35 heavy (non-hydrogen) atoms. The SMILES string of the molecule is O=C(C[N+]12CCC(CC1)C(OC(=O)[C@](O)(c1ccccc1)C1CCCCC1)C2)Nc1ccncn1. The molecule has 4 fully saturated rings. The smallest absolute Gasteiger partial charge is 0.343 e. The lowest BCUT2D eigenvalue weighted by Crippen LogP contribution is -2.66. The van der Waals surface area contributed by atoms with Gasteiger partial charge in [-0.15, -0.1) is 0 Å². The first-order valence-electron chi connectivity index (χ1n) is 12.9. The van der Waals surface area contributed by atoms with Crippen LogP contribution in [-0.2, 0) is 19.9 Å². The van der Waals surface area contributed by atoms with Crippen LogP contribution in [0.4, 0.5) is 5.82 Å². The maximum absolute atomic E-state index is 13.7. The Labute approximate surface area is 206 Å². The minimum atomic E-state index is -1.64. The van der Waals surface area contributed by atoms with Crippen LogP contribution in [0.25, 0.3) is 0 Å². The highest BCUT2D eigenvalue weighted by Gasteiger charge is 2.52. The highest BCUT2D eigenvalue weighted by Crippen LogP contribution is 2.42. The number of fused-ring (bicyclic) bond motifs is 3. The monoisotopic (exact) mass is 479 g/mol. The van der Waals surface area contributed by atoms with Crippen LogP contribution in [0.15, 0.2) is 48.9 Å². The van der Waals surface area contributed by atoms with E-state index in [1.165, 1.54) is 6.33 Å². The number of ether oxygens (including phenoxy) is 1. The molecule has 2 aromatic rings. The Morgan fingerprint density at radius 3 is 2.49 bits per heavy atom. The van der Waals surface area contributed by atoms with Crippen LogP contribution in [0.3, 0.4) is 0 Å². The van der Waals surface area contributed by atoms with E-state index in [4.69, 9.17) is 4.74 Å². The summed E-state index contributed by atoms with van der Waals surface area (Å²) in [5.41, 5.74) is -1.02. The summed E-state index contributed by atoms with van der Waals surface area (Å²) < 4.78 is 6.76. The van der Waals surface area contributed by atoms with Crippen molar-refractivity contribution in [3.05, 3.63) is 54.5 Å². The Morgan fingerprint density at radius 1 is 1.06 bits per heavy atom. The summed E-state index contributed by atoms with van der Waals surface area (Å²) in [5, 5.41) is 14.8. The number of carbonyl (C=O) groups is 2. The molecule has 0 spiro atoms. The summed E-state index contributed by atoms with van der Waals surface area (Å²) in [6.45, 7) is 2.70. The number of aliphatic hydroxyl groups is 1. The second-order valence-corrected chi connectivity index (χ2v) is 10.5. The zero-order chi connectivity index (χ0) is 24.3. The summed E-state index contributed by atoms with van der Waals surface area (Å²) in [4.78, 5) is 34.5. The molecule has 4 aliphatic rings. The van der Waals surface area contributed by atoms with Gasteiger partial charge in [-0.1, -0.05) is 49.6 Å². The first-order valence-corrected chi connectivity index (χ1v) is 12.9. The number of piperidine rings is 3. The highest BCUT2D eigenvalue weighted by molar-refractivity contribution is 5.90. The topological polar surface area (TPSA) is 101 Å². The molecule has 186 valence electrons. The van der Waals surface area contributed by atoms with Crippen molar-refractivity contribution in [1.29, 1.82) is 0 Å². The van der Waals surface area contributed by atoms with Gasteiger partial charge in [-0.2, -0.15) is 0 Å². The van der Waals surface area contributed by atoms with E-state index in [1.54, 1.807) is 12.3 Å². The Hall–Kier alpha value is -2.84. The van der Waals surface area contributed by atoms with Gasteiger partial charge in [-0.3, -0.25) is 4.79 Å². The maximum atomic E-state index is 13.7. The van der Waals surface area contributed by atoms with Crippen molar-refractivity contribution in [3.63, 3.8) is 0 Å². The van der Waals surface area contributed by atoms with Crippen LogP contribution in [0.5, 0.6) is 0 Å². The largest absolute Gasteiger partial charge is 0.454 e. The number of nitrogens with zero attached hydrogens (tertiary/aromatic N) is 3. The van der Waals surface area contributed by atoms with Gasteiger partial charge in [0, 0.05) is 30.9 Å². The van der Waals surface area contributed by atoms with Gasteiger partial charge < -0.3 is 19.6 Å². The van der Waals surface area contributed by atoms with E-state index in [0.29, 0.717) is 29.0 Å². The summed E-state index contributed by atoms with van der Waals surface area (Å²) in [7, 11) is 0. The van der Waals surface area contributed by atoms with Crippen molar-refractivity contribution in [2.75, 3.05) is 31.5 Å². The summed E-state index contributed by atoms with van der Waals surface area (Å²) in [5.74, 6) is -0.0159. The van der Waals surface area contributed by atoms with Crippen molar-refractivity contribution in [1.82, 2.24) is 9.97 Å². The molecule has 8 heteroatoms. The van der Waals surface area contributed by atoms with Gasteiger partial charge in [0.15, 0.2) is 18.2 Å². The minimum Gasteiger partial charge on any atom is -0.454 e. The lowest BCUT2D eigenvalue weighted by molar-refractivity contribution is -0.939. The number of benzene rings is 1. The number of hydrogen-bond donors (Lipinski definition) is 2. The maximum Gasteiger partial charge on any atom is 0.343 e. The van der Waals surface area contributed by atoms with Crippen LogP contribution in [0, 0.1) is 11.8 Å². The van der Waals surface area contributed by atoms with Crippen LogP contribution in [-0.4, -0.2) is 63.7 Å². The molecule has 1 aliphatic carbocycles. The van der Waals surface area contributed by atoms with Gasteiger partial charge in [-0.05, 0) is 24.5 Å². The number of aromatic nitrogens is 2. The number of quaternary nitrogens is 1.